The van der Waals surface area contributed by atoms with Crippen LogP contribution in [-0.2, 0) is 9.59 Å². The van der Waals surface area contributed by atoms with Crippen molar-refractivity contribution in [3.05, 3.63) is 29.6 Å². The molecule has 0 spiro atoms. The Labute approximate surface area is 162 Å². The van der Waals surface area contributed by atoms with Gasteiger partial charge in [-0.1, -0.05) is 0 Å². The standard InChI is InChI=1S/C17H23F3N4O2.ClH/c1-10(24-7-3-4-11(9-24)21-2)17(26)22-8-14(25)23-13-6-5-12(18)15(19)16(13)20;/h5-6,10-11,21H,3-4,7-9H2,1-2H3,(H,22,26)(H,23,25);1H. The second-order valence-corrected chi connectivity index (χ2v) is 6.29. The largest absolute Gasteiger partial charge is 0.346 e. The molecule has 2 atom stereocenters. The summed E-state index contributed by atoms with van der Waals surface area (Å²) in [5.74, 6) is -5.55. The first-order valence-electron chi connectivity index (χ1n) is 8.45. The number of halogens is 4. The third-order valence-corrected chi connectivity index (χ3v) is 4.52. The first kappa shape index (κ1) is 23.2. The molecule has 27 heavy (non-hydrogen) atoms. The van der Waals surface area contributed by atoms with Gasteiger partial charge >= 0.3 is 0 Å². The van der Waals surface area contributed by atoms with E-state index < -0.39 is 41.6 Å². The van der Waals surface area contributed by atoms with Crippen molar-refractivity contribution >= 4 is 29.9 Å². The fraction of sp³-hybridized carbons (Fsp3) is 0.529. The highest BCUT2D eigenvalue weighted by Gasteiger charge is 2.27. The molecule has 1 aromatic rings. The molecule has 0 bridgehead atoms. The van der Waals surface area contributed by atoms with Crippen molar-refractivity contribution in [2.24, 2.45) is 0 Å². The number of anilines is 1. The number of carbonyl (C=O) groups is 2. The molecule has 2 rings (SSSR count). The zero-order chi connectivity index (χ0) is 19.3. The average Bonchev–Trinajstić information content (AvgIpc) is 2.66. The first-order chi connectivity index (χ1) is 12.3. The minimum absolute atomic E-state index is 0. The van der Waals surface area contributed by atoms with Gasteiger partial charge in [-0.05, 0) is 45.5 Å². The van der Waals surface area contributed by atoms with Gasteiger partial charge in [0.1, 0.15) is 0 Å². The van der Waals surface area contributed by atoms with Crippen molar-refractivity contribution in [1.82, 2.24) is 15.5 Å². The van der Waals surface area contributed by atoms with E-state index in [1.54, 1.807) is 6.92 Å². The highest BCUT2D eigenvalue weighted by atomic mass is 35.5. The van der Waals surface area contributed by atoms with E-state index in [-0.39, 0.29) is 18.3 Å². The van der Waals surface area contributed by atoms with E-state index in [0.29, 0.717) is 12.1 Å². The molecule has 0 radical (unpaired) electrons. The Morgan fingerprint density at radius 1 is 1.26 bits per heavy atom. The lowest BCUT2D eigenvalue weighted by atomic mass is 10.0. The number of benzene rings is 1. The first-order valence-corrected chi connectivity index (χ1v) is 8.45. The molecule has 2 unspecified atom stereocenters. The smallest absolute Gasteiger partial charge is 0.243 e. The topological polar surface area (TPSA) is 73.5 Å². The van der Waals surface area contributed by atoms with Gasteiger partial charge in [-0.2, -0.15) is 0 Å². The van der Waals surface area contributed by atoms with Crippen LogP contribution in [0.1, 0.15) is 19.8 Å². The number of hydrogen-bond acceptors (Lipinski definition) is 4. The minimum Gasteiger partial charge on any atom is -0.346 e. The molecular formula is C17H24ClF3N4O2. The summed E-state index contributed by atoms with van der Waals surface area (Å²) in [4.78, 5) is 26.1. The monoisotopic (exact) mass is 408 g/mol. The molecule has 1 aliphatic heterocycles. The molecule has 6 nitrogen and oxygen atoms in total. The molecule has 10 heteroatoms. The number of nitrogens with zero attached hydrogens (tertiary/aromatic N) is 1. The van der Waals surface area contributed by atoms with Crippen LogP contribution in [0.2, 0.25) is 0 Å². The Bertz CT molecular complexity index is 678. The van der Waals surface area contributed by atoms with Crippen molar-refractivity contribution in [1.29, 1.82) is 0 Å². The van der Waals surface area contributed by atoms with Crippen LogP contribution >= 0.6 is 12.4 Å². The number of amides is 2. The molecule has 0 saturated carbocycles. The SMILES string of the molecule is CNC1CCCN(C(C)C(=O)NCC(=O)Nc2ccc(F)c(F)c2F)C1.Cl. The Morgan fingerprint density at radius 3 is 2.63 bits per heavy atom. The van der Waals surface area contributed by atoms with Crippen LogP contribution in [0.25, 0.3) is 0 Å². The predicted octanol–water partition coefficient (Wildman–Crippen LogP) is 1.65. The Kier molecular flexibility index (Phi) is 9.01. The molecule has 1 saturated heterocycles. The lowest BCUT2D eigenvalue weighted by Crippen LogP contribution is -2.53. The number of carbonyl (C=O) groups excluding carboxylic acids is 2. The summed E-state index contributed by atoms with van der Waals surface area (Å²) in [7, 11) is 1.88. The highest BCUT2D eigenvalue weighted by molar-refractivity contribution is 5.95. The van der Waals surface area contributed by atoms with E-state index in [9.17, 15) is 22.8 Å². The van der Waals surface area contributed by atoms with Gasteiger partial charge in [0.15, 0.2) is 17.5 Å². The third kappa shape index (κ3) is 6.08. The molecule has 1 fully saturated rings. The maximum atomic E-state index is 13.5. The molecule has 1 heterocycles. The second-order valence-electron chi connectivity index (χ2n) is 6.29. The summed E-state index contributed by atoms with van der Waals surface area (Å²) in [6.45, 7) is 2.88. The van der Waals surface area contributed by atoms with Crippen molar-refractivity contribution in [3.8, 4) is 0 Å². The molecule has 2 amide bonds. The van der Waals surface area contributed by atoms with Crippen molar-refractivity contribution in [3.63, 3.8) is 0 Å². The number of piperidine rings is 1. The summed E-state index contributed by atoms with van der Waals surface area (Å²) >= 11 is 0. The van der Waals surface area contributed by atoms with Crippen LogP contribution in [0, 0.1) is 17.5 Å². The second kappa shape index (κ2) is 10.5. The zero-order valence-corrected chi connectivity index (χ0v) is 16.0. The lowest BCUT2D eigenvalue weighted by Gasteiger charge is -2.35. The van der Waals surface area contributed by atoms with Crippen LogP contribution < -0.4 is 16.0 Å². The number of hydrogen-bond donors (Lipinski definition) is 3. The molecule has 0 aromatic heterocycles. The van der Waals surface area contributed by atoms with Gasteiger partial charge in [-0.3, -0.25) is 14.5 Å². The van der Waals surface area contributed by atoms with Crippen LogP contribution in [0.5, 0.6) is 0 Å². The Balaban J connectivity index is 0.00000364. The van der Waals surface area contributed by atoms with Gasteiger partial charge in [0.25, 0.3) is 0 Å². The third-order valence-electron chi connectivity index (χ3n) is 4.52. The van der Waals surface area contributed by atoms with Gasteiger partial charge in [-0.15, -0.1) is 12.4 Å². The van der Waals surface area contributed by atoms with Crippen molar-refractivity contribution in [2.45, 2.75) is 31.8 Å². The Morgan fingerprint density at radius 2 is 1.96 bits per heavy atom. The van der Waals surface area contributed by atoms with Gasteiger partial charge in [0, 0.05) is 12.6 Å². The Hall–Kier alpha value is -1.84. The summed E-state index contributed by atoms with van der Waals surface area (Å²) in [6.07, 6.45) is 2.02. The number of likely N-dealkylation sites (N-methyl/N-ethyl adjacent to an activating group) is 1. The molecule has 1 aromatic carbocycles. The number of rotatable bonds is 6. The molecular weight excluding hydrogens is 385 g/mol. The number of likely N-dealkylation sites (tertiary alicyclic amines) is 1. The average molecular weight is 409 g/mol. The van der Waals surface area contributed by atoms with E-state index >= 15 is 0 Å². The predicted molar refractivity (Wildman–Crippen MR) is 98.3 cm³/mol. The minimum atomic E-state index is -1.66. The maximum absolute atomic E-state index is 13.5. The van der Waals surface area contributed by atoms with Crippen LogP contribution in [0.4, 0.5) is 18.9 Å². The molecule has 0 aliphatic carbocycles. The van der Waals surface area contributed by atoms with Crippen LogP contribution in [-0.4, -0.2) is 55.5 Å². The number of nitrogens with one attached hydrogen (secondary N) is 3. The summed E-state index contributed by atoms with van der Waals surface area (Å²) in [5, 5.41) is 7.77. The van der Waals surface area contributed by atoms with Gasteiger partial charge in [-0.25, -0.2) is 13.2 Å². The van der Waals surface area contributed by atoms with Crippen LogP contribution in [0.15, 0.2) is 12.1 Å². The molecule has 152 valence electrons. The summed E-state index contributed by atoms with van der Waals surface area (Å²) in [5.41, 5.74) is -0.482. The quantitative estimate of drug-likeness (QED) is 0.626. The zero-order valence-electron chi connectivity index (χ0n) is 15.2. The molecule has 3 N–H and O–H groups in total. The van der Waals surface area contributed by atoms with Gasteiger partial charge in [0.2, 0.25) is 11.8 Å². The lowest BCUT2D eigenvalue weighted by molar-refractivity contribution is -0.128. The summed E-state index contributed by atoms with van der Waals surface area (Å²) < 4.78 is 39.6. The highest BCUT2D eigenvalue weighted by Crippen LogP contribution is 2.19. The normalized spacial score (nSPS) is 18.3. The van der Waals surface area contributed by atoms with Gasteiger partial charge < -0.3 is 16.0 Å². The van der Waals surface area contributed by atoms with Gasteiger partial charge in [0.05, 0.1) is 18.3 Å². The van der Waals surface area contributed by atoms with E-state index in [1.165, 1.54) is 0 Å². The fourth-order valence-corrected chi connectivity index (χ4v) is 2.89. The van der Waals surface area contributed by atoms with E-state index in [0.717, 1.165) is 32.0 Å². The van der Waals surface area contributed by atoms with E-state index in [1.807, 2.05) is 11.9 Å². The maximum Gasteiger partial charge on any atom is 0.243 e. The van der Waals surface area contributed by atoms with Crippen molar-refractivity contribution in [2.75, 3.05) is 32.0 Å². The van der Waals surface area contributed by atoms with E-state index in [4.69, 9.17) is 0 Å². The molecule has 1 aliphatic rings. The van der Waals surface area contributed by atoms with E-state index in [2.05, 4.69) is 16.0 Å². The summed E-state index contributed by atoms with van der Waals surface area (Å²) in [6, 6.07) is 1.53. The fourth-order valence-electron chi connectivity index (χ4n) is 2.89. The van der Waals surface area contributed by atoms with Crippen molar-refractivity contribution < 1.29 is 22.8 Å². The van der Waals surface area contributed by atoms with Crippen LogP contribution in [0.3, 0.4) is 0 Å².